The van der Waals surface area contributed by atoms with E-state index in [-0.39, 0.29) is 13.0 Å². The fourth-order valence-electron chi connectivity index (χ4n) is 0.906. The number of esters is 1. The first-order chi connectivity index (χ1) is 6.11. The summed E-state index contributed by atoms with van der Waals surface area (Å²) in [6, 6.07) is 0. The highest BCUT2D eigenvalue weighted by atomic mass is 79.9. The molecule has 0 aromatic rings. The minimum absolute atomic E-state index is 0.162. The normalized spacial score (nSPS) is 12.2. The molecule has 13 heavy (non-hydrogen) atoms. The molecule has 0 saturated carbocycles. The van der Waals surface area contributed by atoms with Crippen molar-refractivity contribution in [3.05, 3.63) is 0 Å². The van der Waals surface area contributed by atoms with Crippen molar-refractivity contribution in [1.82, 2.24) is 0 Å². The van der Waals surface area contributed by atoms with E-state index in [1.165, 1.54) is 0 Å². The first kappa shape index (κ1) is 12.4. The molecular weight excluding hydrogens is 240 g/mol. The number of alkyl halides is 1. The average molecular weight is 253 g/mol. The highest BCUT2D eigenvalue weighted by Gasteiger charge is 2.21. The Labute approximate surface area is 85.4 Å². The molecule has 4 nitrogen and oxygen atoms in total. The van der Waals surface area contributed by atoms with E-state index in [1.807, 2.05) is 0 Å². The third-order valence-corrected chi connectivity index (χ3v) is 1.96. The van der Waals surface area contributed by atoms with Gasteiger partial charge in [-0.1, -0.05) is 15.9 Å². The van der Waals surface area contributed by atoms with E-state index in [4.69, 9.17) is 9.84 Å². The van der Waals surface area contributed by atoms with Gasteiger partial charge in [0.1, 0.15) is 0 Å². The summed E-state index contributed by atoms with van der Waals surface area (Å²) < 4.78 is 4.73. The number of carboxylic acids is 1. The number of halogens is 1. The summed E-state index contributed by atoms with van der Waals surface area (Å²) in [7, 11) is 0. The first-order valence-corrected chi connectivity index (χ1v) is 5.18. The molecule has 0 spiro atoms. The Morgan fingerprint density at radius 3 is 2.54 bits per heavy atom. The number of carbonyl (C=O) groups excluding carboxylic acids is 1. The number of hydrogen-bond acceptors (Lipinski definition) is 3. The van der Waals surface area contributed by atoms with Crippen LogP contribution in [0.4, 0.5) is 0 Å². The topological polar surface area (TPSA) is 63.6 Å². The maximum absolute atomic E-state index is 11.2. The summed E-state index contributed by atoms with van der Waals surface area (Å²) in [4.78, 5) is 21.5. The summed E-state index contributed by atoms with van der Waals surface area (Å²) in [5, 5.41) is 9.11. The zero-order valence-corrected chi connectivity index (χ0v) is 9.04. The second-order valence-corrected chi connectivity index (χ2v) is 3.32. The van der Waals surface area contributed by atoms with Gasteiger partial charge in [-0.2, -0.15) is 0 Å². The van der Waals surface area contributed by atoms with Gasteiger partial charge < -0.3 is 9.84 Å². The fourth-order valence-corrected chi connectivity index (χ4v) is 1.46. The number of aliphatic carboxylic acids is 1. The predicted molar refractivity (Wildman–Crippen MR) is 50.8 cm³/mol. The number of hydrogen-bond donors (Lipinski definition) is 1. The third-order valence-electron chi connectivity index (χ3n) is 1.50. The summed E-state index contributed by atoms with van der Waals surface area (Å²) >= 11 is 3.16. The fraction of sp³-hybridized carbons (Fsp3) is 0.750. The number of carbonyl (C=O) groups is 2. The van der Waals surface area contributed by atoms with Crippen molar-refractivity contribution >= 4 is 27.9 Å². The Kier molecular flexibility index (Phi) is 6.58. The highest BCUT2D eigenvalue weighted by Crippen LogP contribution is 2.12. The van der Waals surface area contributed by atoms with Crippen LogP contribution in [-0.2, 0) is 14.3 Å². The second-order valence-electron chi connectivity index (χ2n) is 2.52. The molecule has 0 aliphatic heterocycles. The summed E-state index contributed by atoms with van der Waals surface area (Å²) in [5.41, 5.74) is 0. The highest BCUT2D eigenvalue weighted by molar-refractivity contribution is 9.09. The maximum Gasteiger partial charge on any atom is 0.309 e. The van der Waals surface area contributed by atoms with Crippen molar-refractivity contribution in [2.45, 2.75) is 19.8 Å². The number of carboxylic acid groups (broad SMARTS) is 1. The Morgan fingerprint density at radius 2 is 2.15 bits per heavy atom. The van der Waals surface area contributed by atoms with Gasteiger partial charge in [0.15, 0.2) is 0 Å². The SMILES string of the molecule is CCOC(=O)C(CCBr)CC(=O)O. The van der Waals surface area contributed by atoms with Crippen LogP contribution in [0.2, 0.25) is 0 Å². The molecule has 0 radical (unpaired) electrons. The van der Waals surface area contributed by atoms with Crippen LogP contribution < -0.4 is 0 Å². The van der Waals surface area contributed by atoms with Crippen LogP contribution in [0.15, 0.2) is 0 Å². The summed E-state index contributed by atoms with van der Waals surface area (Å²) in [6.45, 7) is 1.99. The van der Waals surface area contributed by atoms with Crippen molar-refractivity contribution in [3.8, 4) is 0 Å². The van der Waals surface area contributed by atoms with Crippen molar-refractivity contribution in [2.75, 3.05) is 11.9 Å². The second kappa shape index (κ2) is 6.88. The van der Waals surface area contributed by atoms with Gasteiger partial charge in [0.2, 0.25) is 0 Å². The van der Waals surface area contributed by atoms with Crippen molar-refractivity contribution in [2.24, 2.45) is 5.92 Å². The lowest BCUT2D eigenvalue weighted by atomic mass is 10.0. The molecule has 0 aromatic heterocycles. The molecule has 5 heteroatoms. The van der Waals surface area contributed by atoms with Gasteiger partial charge >= 0.3 is 11.9 Å². The molecule has 0 amide bonds. The van der Waals surface area contributed by atoms with E-state index >= 15 is 0 Å². The molecule has 0 aliphatic rings. The van der Waals surface area contributed by atoms with Gasteiger partial charge in [0, 0.05) is 5.33 Å². The maximum atomic E-state index is 11.2. The largest absolute Gasteiger partial charge is 0.481 e. The van der Waals surface area contributed by atoms with E-state index in [2.05, 4.69) is 15.9 Å². The van der Waals surface area contributed by atoms with Gasteiger partial charge in [0.05, 0.1) is 18.9 Å². The lowest BCUT2D eigenvalue weighted by Gasteiger charge is -2.11. The van der Waals surface area contributed by atoms with Crippen LogP contribution in [0.25, 0.3) is 0 Å². The third kappa shape index (κ3) is 5.63. The van der Waals surface area contributed by atoms with E-state index in [0.717, 1.165) is 0 Å². The van der Waals surface area contributed by atoms with Crippen LogP contribution in [0, 0.1) is 5.92 Å². The van der Waals surface area contributed by atoms with E-state index in [9.17, 15) is 9.59 Å². The van der Waals surface area contributed by atoms with E-state index in [1.54, 1.807) is 6.92 Å². The van der Waals surface area contributed by atoms with Crippen molar-refractivity contribution < 1.29 is 19.4 Å². The zero-order chi connectivity index (χ0) is 10.3. The molecule has 1 unspecified atom stereocenters. The molecule has 76 valence electrons. The number of ether oxygens (including phenoxy) is 1. The van der Waals surface area contributed by atoms with E-state index in [0.29, 0.717) is 11.8 Å². The monoisotopic (exact) mass is 252 g/mol. The number of rotatable bonds is 6. The smallest absolute Gasteiger partial charge is 0.309 e. The van der Waals surface area contributed by atoms with Gasteiger partial charge in [-0.15, -0.1) is 0 Å². The Balaban J connectivity index is 4.06. The van der Waals surface area contributed by atoms with Crippen LogP contribution in [0.1, 0.15) is 19.8 Å². The molecule has 0 fully saturated rings. The Bertz CT molecular complexity index is 181. The minimum Gasteiger partial charge on any atom is -0.481 e. The lowest BCUT2D eigenvalue weighted by molar-refractivity contribution is -0.152. The molecular formula is C8H13BrO4. The molecule has 0 aromatic carbocycles. The molecule has 0 saturated heterocycles. The molecule has 1 atom stereocenters. The van der Waals surface area contributed by atoms with E-state index < -0.39 is 17.9 Å². The van der Waals surface area contributed by atoms with Gasteiger partial charge in [0.25, 0.3) is 0 Å². The lowest BCUT2D eigenvalue weighted by Crippen LogP contribution is -2.21. The molecule has 0 aliphatic carbocycles. The first-order valence-electron chi connectivity index (χ1n) is 4.06. The summed E-state index contributed by atoms with van der Waals surface area (Å²) in [6.07, 6.45) is 0.329. The van der Waals surface area contributed by atoms with Gasteiger partial charge in [-0.25, -0.2) is 0 Å². The quantitative estimate of drug-likeness (QED) is 0.574. The zero-order valence-electron chi connectivity index (χ0n) is 7.46. The predicted octanol–water partition coefficient (Wildman–Crippen LogP) is 1.43. The Hall–Kier alpha value is -0.580. The van der Waals surface area contributed by atoms with Crippen LogP contribution in [-0.4, -0.2) is 29.0 Å². The molecule has 0 heterocycles. The Morgan fingerprint density at radius 1 is 1.54 bits per heavy atom. The van der Waals surface area contributed by atoms with Gasteiger partial charge in [-0.05, 0) is 13.3 Å². The molecule has 0 rings (SSSR count). The molecule has 0 bridgehead atoms. The average Bonchev–Trinajstić information content (AvgIpc) is 2.03. The van der Waals surface area contributed by atoms with Crippen molar-refractivity contribution in [1.29, 1.82) is 0 Å². The van der Waals surface area contributed by atoms with Crippen LogP contribution >= 0.6 is 15.9 Å². The van der Waals surface area contributed by atoms with Crippen LogP contribution in [0.3, 0.4) is 0 Å². The summed E-state index contributed by atoms with van der Waals surface area (Å²) in [5.74, 6) is -1.93. The van der Waals surface area contributed by atoms with Crippen LogP contribution in [0.5, 0.6) is 0 Å². The minimum atomic E-state index is -0.973. The standard InChI is InChI=1S/C8H13BrO4/c1-2-13-8(12)6(3-4-9)5-7(10)11/h6H,2-5H2,1H3,(H,10,11). The van der Waals surface area contributed by atoms with Gasteiger partial charge in [-0.3, -0.25) is 9.59 Å². The van der Waals surface area contributed by atoms with Crippen molar-refractivity contribution in [3.63, 3.8) is 0 Å². The molecule has 1 N–H and O–H groups in total.